The summed E-state index contributed by atoms with van der Waals surface area (Å²) < 4.78 is 1.84. The Morgan fingerprint density at radius 1 is 1.20 bits per heavy atom. The summed E-state index contributed by atoms with van der Waals surface area (Å²) in [5, 5.41) is 7.95. The lowest BCUT2D eigenvalue weighted by atomic mass is 9.99. The van der Waals surface area contributed by atoms with Gasteiger partial charge in [-0.2, -0.15) is 0 Å². The van der Waals surface area contributed by atoms with Crippen molar-refractivity contribution in [3.05, 3.63) is 41.1 Å². The molecule has 0 aromatic carbocycles. The molecule has 1 atom stereocenters. The highest BCUT2D eigenvalue weighted by atomic mass is 32.1. The van der Waals surface area contributed by atoms with Crippen molar-refractivity contribution in [3.63, 3.8) is 0 Å². The number of anilines is 1. The smallest absolute Gasteiger partial charge is 0.153 e. The highest BCUT2D eigenvalue weighted by molar-refractivity contribution is 7.09. The van der Waals surface area contributed by atoms with Crippen LogP contribution in [-0.2, 0) is 0 Å². The van der Waals surface area contributed by atoms with E-state index in [-0.39, 0.29) is 0 Å². The number of hydrogen-bond acceptors (Lipinski definition) is 5. The minimum Gasteiger partial charge on any atom is -0.354 e. The molecule has 1 saturated heterocycles. The Hall–Kier alpha value is -1.95. The van der Waals surface area contributed by atoms with Gasteiger partial charge in [-0.25, -0.2) is 14.5 Å². The molecule has 1 aliphatic heterocycles. The third kappa shape index (κ3) is 2.06. The topological polar surface area (TPSA) is 46.3 Å². The Labute approximate surface area is 120 Å². The van der Waals surface area contributed by atoms with E-state index in [1.165, 1.54) is 17.8 Å². The second kappa shape index (κ2) is 4.86. The van der Waals surface area contributed by atoms with Gasteiger partial charge >= 0.3 is 0 Å². The summed E-state index contributed by atoms with van der Waals surface area (Å²) >= 11 is 1.76. The van der Waals surface area contributed by atoms with Crippen LogP contribution in [0, 0.1) is 0 Å². The van der Waals surface area contributed by atoms with Crippen LogP contribution in [0.25, 0.3) is 5.65 Å². The van der Waals surface area contributed by atoms with Crippen molar-refractivity contribution in [2.75, 3.05) is 18.0 Å². The van der Waals surface area contributed by atoms with Gasteiger partial charge in [0.05, 0.1) is 5.01 Å². The molecule has 0 spiro atoms. The lowest BCUT2D eigenvalue weighted by Crippen LogP contribution is -2.35. The molecule has 0 aliphatic carbocycles. The minimum atomic E-state index is 0.532. The molecule has 20 heavy (non-hydrogen) atoms. The van der Waals surface area contributed by atoms with Crippen LogP contribution in [0.5, 0.6) is 0 Å². The van der Waals surface area contributed by atoms with Gasteiger partial charge in [0.15, 0.2) is 5.65 Å². The first-order valence-corrected chi connectivity index (χ1v) is 7.73. The van der Waals surface area contributed by atoms with E-state index in [9.17, 15) is 0 Å². The monoisotopic (exact) mass is 285 g/mol. The van der Waals surface area contributed by atoms with Gasteiger partial charge in [0.1, 0.15) is 5.82 Å². The predicted octanol–water partition coefficient (Wildman–Crippen LogP) is 2.57. The van der Waals surface area contributed by atoms with Gasteiger partial charge in [0.25, 0.3) is 0 Å². The summed E-state index contributed by atoms with van der Waals surface area (Å²) in [5.74, 6) is 1.56. The number of rotatable bonds is 2. The lowest BCUT2D eigenvalue weighted by molar-refractivity contribution is 0.503. The quantitative estimate of drug-likeness (QED) is 0.726. The van der Waals surface area contributed by atoms with Crippen LogP contribution in [0.3, 0.4) is 0 Å². The molecule has 3 aromatic heterocycles. The Kier molecular flexibility index (Phi) is 2.88. The fourth-order valence-electron chi connectivity index (χ4n) is 2.80. The number of nitrogens with zero attached hydrogens (tertiary/aromatic N) is 5. The molecule has 4 heterocycles. The van der Waals surface area contributed by atoms with Gasteiger partial charge in [-0.3, -0.25) is 0 Å². The first-order chi connectivity index (χ1) is 9.90. The number of thiazole rings is 1. The average Bonchev–Trinajstić information content (AvgIpc) is 3.18. The maximum Gasteiger partial charge on any atom is 0.153 e. The number of aromatic nitrogens is 4. The van der Waals surface area contributed by atoms with Crippen LogP contribution in [0.2, 0.25) is 0 Å². The summed E-state index contributed by atoms with van der Waals surface area (Å²) in [7, 11) is 0. The highest BCUT2D eigenvalue weighted by Crippen LogP contribution is 2.30. The van der Waals surface area contributed by atoms with Gasteiger partial charge in [-0.15, -0.1) is 16.4 Å². The molecule has 0 amide bonds. The van der Waals surface area contributed by atoms with Gasteiger partial charge < -0.3 is 4.90 Å². The minimum absolute atomic E-state index is 0.532. The number of imidazole rings is 1. The molecule has 5 nitrogen and oxygen atoms in total. The predicted molar refractivity (Wildman–Crippen MR) is 79.3 cm³/mol. The zero-order valence-electron chi connectivity index (χ0n) is 11.0. The number of fused-ring (bicyclic) bond motifs is 1. The van der Waals surface area contributed by atoms with Gasteiger partial charge in [-0.1, -0.05) is 0 Å². The molecule has 0 N–H and O–H groups in total. The summed E-state index contributed by atoms with van der Waals surface area (Å²) in [4.78, 5) is 11.1. The maximum absolute atomic E-state index is 4.64. The molecule has 0 unspecified atom stereocenters. The zero-order valence-corrected chi connectivity index (χ0v) is 11.8. The van der Waals surface area contributed by atoms with E-state index in [1.807, 2.05) is 23.0 Å². The van der Waals surface area contributed by atoms with Crippen molar-refractivity contribution < 1.29 is 0 Å². The third-order valence-electron chi connectivity index (χ3n) is 3.79. The second-order valence-corrected chi connectivity index (χ2v) is 6.00. The van der Waals surface area contributed by atoms with E-state index in [0.717, 1.165) is 24.6 Å². The second-order valence-electron chi connectivity index (χ2n) is 5.08. The molecule has 1 fully saturated rings. The van der Waals surface area contributed by atoms with E-state index >= 15 is 0 Å². The molecule has 1 aliphatic rings. The fraction of sp³-hybridized carbons (Fsp3) is 0.357. The first kappa shape index (κ1) is 11.8. The normalized spacial score (nSPS) is 19.6. The summed E-state index contributed by atoms with van der Waals surface area (Å²) in [6.07, 6.45) is 7.97. The molecule has 3 aromatic rings. The molecule has 102 valence electrons. The van der Waals surface area contributed by atoms with Crippen LogP contribution in [0.15, 0.2) is 36.1 Å². The molecule has 0 saturated carbocycles. The lowest BCUT2D eigenvalue weighted by Gasteiger charge is -2.32. The van der Waals surface area contributed by atoms with E-state index < -0.39 is 0 Å². The van der Waals surface area contributed by atoms with Crippen LogP contribution in [-0.4, -0.2) is 32.7 Å². The van der Waals surface area contributed by atoms with Crippen LogP contribution >= 0.6 is 11.3 Å². The average molecular weight is 285 g/mol. The van der Waals surface area contributed by atoms with E-state index in [1.54, 1.807) is 17.5 Å². The van der Waals surface area contributed by atoms with E-state index in [4.69, 9.17) is 0 Å². The van der Waals surface area contributed by atoms with E-state index in [2.05, 4.69) is 31.4 Å². The summed E-state index contributed by atoms with van der Waals surface area (Å²) in [5.41, 5.74) is 0.891. The van der Waals surface area contributed by atoms with Crippen molar-refractivity contribution in [2.45, 2.75) is 18.8 Å². The molecule has 6 heteroatoms. The highest BCUT2D eigenvalue weighted by Gasteiger charge is 2.24. The van der Waals surface area contributed by atoms with Crippen LogP contribution in [0.1, 0.15) is 23.8 Å². The standard InChI is InChI=1S/C14H15N5S/c1-2-11(14-16-6-9-20-14)10-18(7-1)13-4-3-12-15-5-8-19(12)17-13/h3-6,8-9,11H,1-2,7,10H2/t11-/m0/s1. The van der Waals surface area contributed by atoms with Gasteiger partial charge in [-0.05, 0) is 25.0 Å². The molecule has 0 radical (unpaired) electrons. The van der Waals surface area contributed by atoms with Crippen molar-refractivity contribution in [1.29, 1.82) is 0 Å². The Bertz CT molecular complexity index is 705. The maximum atomic E-state index is 4.64. The number of piperidine rings is 1. The molecule has 0 bridgehead atoms. The molecule has 4 rings (SSSR count). The molecular formula is C14H15N5S. The third-order valence-corrected chi connectivity index (χ3v) is 4.73. The first-order valence-electron chi connectivity index (χ1n) is 6.85. The fourth-order valence-corrected chi connectivity index (χ4v) is 3.56. The summed E-state index contributed by atoms with van der Waals surface area (Å²) in [6.45, 7) is 2.07. The zero-order chi connectivity index (χ0) is 13.4. The number of hydrogen-bond donors (Lipinski definition) is 0. The Balaban J connectivity index is 1.61. The van der Waals surface area contributed by atoms with E-state index in [0.29, 0.717) is 5.92 Å². The Morgan fingerprint density at radius 2 is 2.20 bits per heavy atom. The van der Waals surface area contributed by atoms with Crippen molar-refractivity contribution >= 4 is 22.8 Å². The SMILES string of the molecule is c1csc([C@H]2CCCN(c3ccc4nccn4n3)C2)n1. The summed E-state index contributed by atoms with van der Waals surface area (Å²) in [6, 6.07) is 4.09. The largest absolute Gasteiger partial charge is 0.354 e. The van der Waals surface area contributed by atoms with Gasteiger partial charge in [0, 0.05) is 43.0 Å². The Morgan fingerprint density at radius 3 is 3.10 bits per heavy atom. The van der Waals surface area contributed by atoms with Crippen LogP contribution < -0.4 is 4.90 Å². The van der Waals surface area contributed by atoms with Crippen molar-refractivity contribution in [2.24, 2.45) is 0 Å². The molecular weight excluding hydrogens is 270 g/mol. The van der Waals surface area contributed by atoms with Crippen molar-refractivity contribution in [3.8, 4) is 0 Å². The van der Waals surface area contributed by atoms with Crippen molar-refractivity contribution in [1.82, 2.24) is 19.6 Å². The van der Waals surface area contributed by atoms with Crippen LogP contribution in [0.4, 0.5) is 5.82 Å². The van der Waals surface area contributed by atoms with Gasteiger partial charge in [0.2, 0.25) is 0 Å².